The fourth-order valence-corrected chi connectivity index (χ4v) is 7.73. The van der Waals surface area contributed by atoms with Crippen molar-refractivity contribution in [2.75, 3.05) is 5.75 Å². The smallest absolute Gasteiger partial charge is 0.274 e. The van der Waals surface area contributed by atoms with Gasteiger partial charge in [-0.25, -0.2) is 9.59 Å². The van der Waals surface area contributed by atoms with Gasteiger partial charge in [0.2, 0.25) is 0 Å². The normalized spacial score (nSPS) is 17.4. The lowest BCUT2D eigenvalue weighted by atomic mass is 9.96. The number of carbonyl (C=O) groups excluding carboxylic acids is 2. The lowest BCUT2D eigenvalue weighted by Crippen LogP contribution is -2.26. The van der Waals surface area contributed by atoms with E-state index in [4.69, 9.17) is 0 Å². The first kappa shape index (κ1) is 24.2. The number of fused-ring (bicyclic) bond motifs is 1. The highest BCUT2D eigenvalue weighted by molar-refractivity contribution is 9.10. The van der Waals surface area contributed by atoms with E-state index in [1.54, 1.807) is 9.79 Å². The number of nitrogens with zero attached hydrogens (tertiary/aromatic N) is 1. The Bertz CT molecular complexity index is 623. The molecule has 0 aromatic carbocycles. The number of aromatic nitrogens is 1. The van der Waals surface area contributed by atoms with Gasteiger partial charge in [-0.15, -0.1) is 0 Å². The van der Waals surface area contributed by atoms with E-state index >= 15 is 0 Å². The molecule has 0 aliphatic carbocycles. The lowest BCUT2D eigenvalue weighted by molar-refractivity contribution is 0.107. The summed E-state index contributed by atoms with van der Waals surface area (Å²) in [6.07, 6.45) is 16.8. The van der Waals surface area contributed by atoms with Crippen LogP contribution in [0.25, 0.3) is 0 Å². The highest BCUT2D eigenvalue weighted by atomic mass is 79.9. The highest BCUT2D eigenvalue weighted by Crippen LogP contribution is 2.37. The summed E-state index contributed by atoms with van der Waals surface area (Å²) < 4.78 is 2.35. The van der Waals surface area contributed by atoms with E-state index < -0.39 is 10.9 Å². The minimum Gasteiger partial charge on any atom is -0.274 e. The Balaban J connectivity index is 1.94. The minimum absolute atomic E-state index is 0.0177. The van der Waals surface area contributed by atoms with E-state index in [1.165, 1.54) is 64.2 Å². The molecule has 1 aromatic rings. The van der Waals surface area contributed by atoms with E-state index in [0.717, 1.165) is 23.1 Å². The summed E-state index contributed by atoms with van der Waals surface area (Å²) in [7, 11) is -0.809. The van der Waals surface area contributed by atoms with E-state index in [2.05, 4.69) is 45.9 Å². The van der Waals surface area contributed by atoms with Gasteiger partial charge in [0, 0.05) is 12.1 Å². The summed E-state index contributed by atoms with van der Waals surface area (Å²) in [6, 6.07) is 0. The molecule has 0 radical (unpaired) electrons. The Kier molecular flexibility index (Phi) is 10.9. The van der Waals surface area contributed by atoms with Crippen LogP contribution >= 0.6 is 32.1 Å². The van der Waals surface area contributed by atoms with Gasteiger partial charge in [0.25, 0.3) is 0 Å². The van der Waals surface area contributed by atoms with Crippen molar-refractivity contribution in [3.63, 3.8) is 0 Å². The number of halogens is 2. The van der Waals surface area contributed by atoms with E-state index in [9.17, 15) is 9.59 Å². The fourth-order valence-electron chi connectivity index (χ4n) is 3.93. The number of hydrogen-bond donors (Lipinski definition) is 0. The Labute approximate surface area is 190 Å². The molecule has 0 saturated carbocycles. The average molecular weight is 536 g/mol. The molecule has 28 heavy (non-hydrogen) atoms. The second kappa shape index (κ2) is 12.6. The van der Waals surface area contributed by atoms with Crippen molar-refractivity contribution in [2.45, 2.75) is 90.9 Å². The summed E-state index contributed by atoms with van der Waals surface area (Å²) in [6.45, 7) is 4.48. The van der Waals surface area contributed by atoms with Crippen molar-refractivity contribution in [1.29, 1.82) is 0 Å². The molecule has 2 rings (SSSR count). The number of carbonyl (C=O) groups is 2. The molecule has 0 amide bonds. The predicted octanol–water partition coefficient (Wildman–Crippen LogP) is 7.66. The number of hydrogen-bond acceptors (Lipinski definition) is 2. The molecule has 0 N–H and O–H groups in total. The van der Waals surface area contributed by atoms with Crippen LogP contribution < -0.4 is 0 Å². The van der Waals surface area contributed by atoms with Gasteiger partial charge in [-0.05, 0) is 28.8 Å². The van der Waals surface area contributed by atoms with Crippen molar-refractivity contribution in [1.82, 2.24) is 3.59 Å². The number of unbranched alkanes of at least 4 members (excludes halogenated alkanes) is 8. The molecule has 2 heterocycles. The van der Waals surface area contributed by atoms with Crippen molar-refractivity contribution in [2.24, 2.45) is 5.92 Å². The molecule has 0 saturated heterocycles. The van der Waals surface area contributed by atoms with Crippen LogP contribution in [0.1, 0.15) is 112 Å². The van der Waals surface area contributed by atoms with Crippen LogP contribution in [0.3, 0.4) is 0 Å². The van der Waals surface area contributed by atoms with Crippen LogP contribution in [0.5, 0.6) is 0 Å². The Morgan fingerprint density at radius 1 is 0.893 bits per heavy atom. The molecular formula is C22H34Br2NO2S+. The summed E-state index contributed by atoms with van der Waals surface area (Å²) in [5.41, 5.74) is 1.11. The van der Waals surface area contributed by atoms with Gasteiger partial charge in [-0.2, -0.15) is 0 Å². The molecule has 0 fully saturated rings. The zero-order valence-electron chi connectivity index (χ0n) is 17.3. The molecule has 1 aliphatic rings. The third-order valence-corrected chi connectivity index (χ3v) is 8.85. The SMILES string of the molecule is CCCCCCCCC(CCCCCC)C[S+]1C(=O)c2c(Br)cn(Br)c2C1=O. The molecule has 1 aliphatic heterocycles. The minimum atomic E-state index is -0.809. The second-order valence-corrected chi connectivity index (χ2v) is 11.4. The van der Waals surface area contributed by atoms with Gasteiger partial charge >= 0.3 is 10.2 Å². The van der Waals surface area contributed by atoms with E-state index in [-0.39, 0.29) is 10.2 Å². The van der Waals surface area contributed by atoms with E-state index in [0.29, 0.717) is 17.2 Å². The monoisotopic (exact) mass is 534 g/mol. The van der Waals surface area contributed by atoms with Crippen molar-refractivity contribution in [3.05, 3.63) is 21.9 Å². The molecule has 0 bridgehead atoms. The third kappa shape index (κ3) is 6.46. The quantitative estimate of drug-likeness (QED) is 0.181. The van der Waals surface area contributed by atoms with Crippen LogP contribution in [-0.2, 0) is 10.9 Å². The Morgan fingerprint density at radius 3 is 2.00 bits per heavy atom. The highest BCUT2D eigenvalue weighted by Gasteiger charge is 2.53. The molecule has 3 nitrogen and oxygen atoms in total. The topological polar surface area (TPSA) is 39.1 Å². The van der Waals surface area contributed by atoms with Gasteiger partial charge < -0.3 is 0 Å². The van der Waals surface area contributed by atoms with Crippen molar-refractivity contribution < 1.29 is 9.59 Å². The molecule has 6 heteroatoms. The van der Waals surface area contributed by atoms with Gasteiger partial charge in [-0.3, -0.25) is 3.59 Å². The predicted molar refractivity (Wildman–Crippen MR) is 128 cm³/mol. The van der Waals surface area contributed by atoms with Crippen LogP contribution in [0.2, 0.25) is 0 Å². The van der Waals surface area contributed by atoms with Crippen LogP contribution in [0.15, 0.2) is 10.7 Å². The molecule has 2 unspecified atom stereocenters. The van der Waals surface area contributed by atoms with Crippen molar-refractivity contribution in [3.8, 4) is 0 Å². The summed E-state index contributed by atoms with van der Waals surface area (Å²) >= 11 is 6.82. The maximum Gasteiger partial charge on any atom is 0.388 e. The maximum absolute atomic E-state index is 12.9. The molecular weight excluding hydrogens is 502 g/mol. The first-order valence-corrected chi connectivity index (χ1v) is 13.8. The second-order valence-electron chi connectivity index (χ2n) is 7.92. The zero-order chi connectivity index (χ0) is 20.5. The van der Waals surface area contributed by atoms with Crippen LogP contribution in [0, 0.1) is 5.92 Å². The Hall–Kier alpha value is -0.0700. The first-order chi connectivity index (χ1) is 13.5. The maximum atomic E-state index is 12.9. The fraction of sp³-hybridized carbons (Fsp3) is 0.727. The van der Waals surface area contributed by atoms with Crippen molar-refractivity contribution >= 4 is 53.2 Å². The average Bonchev–Trinajstić information content (AvgIpc) is 3.10. The van der Waals surface area contributed by atoms with Gasteiger partial charge in [0.05, 0.1) is 20.6 Å². The third-order valence-electron chi connectivity index (χ3n) is 5.60. The summed E-state index contributed by atoms with van der Waals surface area (Å²) in [5.74, 6) is 1.23. The Morgan fingerprint density at radius 2 is 1.43 bits per heavy atom. The summed E-state index contributed by atoms with van der Waals surface area (Å²) in [4.78, 5) is 25.8. The standard InChI is InChI=1S/C22H34Br2NO2S/c1-3-5-7-9-10-12-14-17(13-11-8-6-4-2)16-28-21(26)19-18(23)15-25(24)20(19)22(28)27/h15,17H,3-14,16H2,1-2H3/q+1. The number of rotatable bonds is 14. The lowest BCUT2D eigenvalue weighted by Gasteiger charge is -2.14. The van der Waals surface area contributed by atoms with Gasteiger partial charge in [0.1, 0.15) is 22.2 Å². The van der Waals surface area contributed by atoms with Gasteiger partial charge in [-0.1, -0.05) is 78.1 Å². The summed E-state index contributed by atoms with van der Waals surface area (Å²) in [5, 5.41) is 0.0515. The molecule has 2 atom stereocenters. The first-order valence-electron chi connectivity index (χ1n) is 10.9. The van der Waals surface area contributed by atoms with Gasteiger partial charge in [0.15, 0.2) is 5.69 Å². The zero-order valence-corrected chi connectivity index (χ0v) is 21.3. The van der Waals surface area contributed by atoms with Crippen LogP contribution in [0.4, 0.5) is 0 Å². The van der Waals surface area contributed by atoms with Crippen LogP contribution in [-0.4, -0.2) is 19.6 Å². The molecule has 1 aromatic heterocycles. The van der Waals surface area contributed by atoms with E-state index in [1.807, 2.05) is 0 Å². The molecule has 158 valence electrons. The molecule has 0 spiro atoms. The largest absolute Gasteiger partial charge is 0.388 e.